The highest BCUT2D eigenvalue weighted by Crippen LogP contribution is 2.27. The maximum atomic E-state index is 12.0. The van der Waals surface area contributed by atoms with Crippen molar-refractivity contribution in [2.75, 3.05) is 7.11 Å². The van der Waals surface area contributed by atoms with E-state index in [1.165, 1.54) is 0 Å². The molecule has 0 atom stereocenters. The van der Waals surface area contributed by atoms with E-state index in [2.05, 4.69) is 0 Å². The smallest absolute Gasteiger partial charge is 0.326 e. The van der Waals surface area contributed by atoms with Crippen LogP contribution in [0.25, 0.3) is 0 Å². The van der Waals surface area contributed by atoms with E-state index in [0.29, 0.717) is 0 Å². The van der Waals surface area contributed by atoms with Gasteiger partial charge in [-0.2, -0.15) is 0 Å². The van der Waals surface area contributed by atoms with Gasteiger partial charge in [0.25, 0.3) is 0 Å². The Morgan fingerprint density at radius 2 is 1.84 bits per heavy atom. The van der Waals surface area contributed by atoms with Crippen LogP contribution in [0.2, 0.25) is 0 Å². The average Bonchev–Trinajstić information content (AvgIpc) is 2.46. The van der Waals surface area contributed by atoms with Crippen molar-refractivity contribution in [3.8, 4) is 5.75 Å². The largest absolute Gasteiger partial charge is 0.497 e. The summed E-state index contributed by atoms with van der Waals surface area (Å²) in [5.41, 5.74) is 6.28. The summed E-state index contributed by atoms with van der Waals surface area (Å²) in [6, 6.07) is 7.47. The predicted molar refractivity (Wildman–Crippen MR) is 72.8 cm³/mol. The third-order valence-electron chi connectivity index (χ3n) is 3.68. The number of hydrogen-bond donors (Lipinski definition) is 1. The van der Waals surface area contributed by atoms with Gasteiger partial charge in [-0.25, -0.2) is 0 Å². The average molecular weight is 263 g/mol. The molecule has 19 heavy (non-hydrogen) atoms. The summed E-state index contributed by atoms with van der Waals surface area (Å²) >= 11 is 0. The zero-order chi connectivity index (χ0) is 13.7. The number of ether oxygens (including phenoxy) is 2. The first kappa shape index (κ1) is 13.9. The predicted octanol–water partition coefficient (Wildman–Crippen LogP) is 2.40. The Bertz CT molecular complexity index is 422. The lowest BCUT2D eigenvalue weighted by molar-refractivity contribution is -0.152. The molecule has 1 aromatic carbocycles. The molecule has 0 unspecified atom stereocenters. The molecule has 0 spiro atoms. The van der Waals surface area contributed by atoms with E-state index >= 15 is 0 Å². The Hall–Kier alpha value is -1.55. The molecule has 0 bridgehead atoms. The van der Waals surface area contributed by atoms with E-state index in [9.17, 15) is 4.79 Å². The first-order valence-corrected chi connectivity index (χ1v) is 6.73. The summed E-state index contributed by atoms with van der Waals surface area (Å²) in [6.07, 6.45) is 4.63. The third kappa shape index (κ3) is 3.47. The van der Waals surface area contributed by atoms with E-state index in [1.54, 1.807) is 7.11 Å². The molecular weight excluding hydrogens is 242 g/mol. The van der Waals surface area contributed by atoms with Crippen molar-refractivity contribution in [3.63, 3.8) is 0 Å². The molecule has 1 aliphatic rings. The van der Waals surface area contributed by atoms with Crippen LogP contribution in [0, 0.1) is 0 Å². The molecular formula is C15H21NO3. The highest BCUT2D eigenvalue weighted by Gasteiger charge is 2.36. The Kier molecular flexibility index (Phi) is 4.43. The minimum Gasteiger partial charge on any atom is -0.497 e. The molecule has 0 amide bonds. The van der Waals surface area contributed by atoms with Crippen molar-refractivity contribution < 1.29 is 14.3 Å². The normalized spacial score (nSPS) is 17.8. The molecule has 0 saturated heterocycles. The number of hydrogen-bond acceptors (Lipinski definition) is 4. The fraction of sp³-hybridized carbons (Fsp3) is 0.533. The van der Waals surface area contributed by atoms with Crippen molar-refractivity contribution in [1.29, 1.82) is 0 Å². The van der Waals surface area contributed by atoms with Crippen LogP contribution < -0.4 is 10.5 Å². The lowest BCUT2D eigenvalue weighted by atomic mass is 9.83. The second-order valence-electron chi connectivity index (χ2n) is 5.14. The molecule has 0 aromatic heterocycles. The van der Waals surface area contributed by atoms with E-state index in [1.807, 2.05) is 24.3 Å². The first-order valence-electron chi connectivity index (χ1n) is 6.73. The van der Waals surface area contributed by atoms with Gasteiger partial charge in [0.15, 0.2) is 0 Å². The van der Waals surface area contributed by atoms with Crippen LogP contribution in [0.5, 0.6) is 5.75 Å². The van der Waals surface area contributed by atoms with Gasteiger partial charge in [-0.15, -0.1) is 0 Å². The van der Waals surface area contributed by atoms with Gasteiger partial charge in [0.05, 0.1) is 7.11 Å². The maximum Gasteiger partial charge on any atom is 0.326 e. The maximum absolute atomic E-state index is 12.0. The SMILES string of the molecule is COc1ccc(COC(=O)C2(N)CCCCC2)cc1. The molecule has 4 nitrogen and oxygen atoms in total. The molecule has 1 aromatic rings. The van der Waals surface area contributed by atoms with Crippen molar-refractivity contribution >= 4 is 5.97 Å². The summed E-state index contributed by atoms with van der Waals surface area (Å²) in [4.78, 5) is 12.0. The highest BCUT2D eigenvalue weighted by molar-refractivity contribution is 5.80. The Labute approximate surface area is 113 Å². The quantitative estimate of drug-likeness (QED) is 0.847. The molecule has 1 aliphatic carbocycles. The molecule has 4 heteroatoms. The van der Waals surface area contributed by atoms with Crippen LogP contribution in [0.1, 0.15) is 37.7 Å². The minimum atomic E-state index is -0.773. The summed E-state index contributed by atoms with van der Waals surface area (Å²) in [5, 5.41) is 0. The standard InChI is InChI=1S/C15H21NO3/c1-18-13-7-5-12(6-8-13)11-19-14(17)15(16)9-3-2-4-10-15/h5-8H,2-4,9-11,16H2,1H3. The van der Waals surface area contributed by atoms with Gasteiger partial charge in [-0.3, -0.25) is 4.79 Å². The number of benzene rings is 1. The lowest BCUT2D eigenvalue weighted by Crippen LogP contribution is -2.50. The molecule has 0 heterocycles. The Balaban J connectivity index is 1.88. The van der Waals surface area contributed by atoms with Gasteiger partial charge in [0.1, 0.15) is 17.9 Å². The van der Waals surface area contributed by atoms with Crippen molar-refractivity contribution in [1.82, 2.24) is 0 Å². The van der Waals surface area contributed by atoms with Crippen LogP contribution in [0.3, 0.4) is 0 Å². The van der Waals surface area contributed by atoms with Gasteiger partial charge in [0, 0.05) is 0 Å². The van der Waals surface area contributed by atoms with E-state index < -0.39 is 5.54 Å². The first-order chi connectivity index (χ1) is 9.14. The molecule has 1 fully saturated rings. The number of methoxy groups -OCH3 is 1. The minimum absolute atomic E-state index is 0.266. The van der Waals surface area contributed by atoms with Crippen molar-refractivity contribution in [3.05, 3.63) is 29.8 Å². The van der Waals surface area contributed by atoms with Crippen LogP contribution in [-0.4, -0.2) is 18.6 Å². The van der Waals surface area contributed by atoms with Gasteiger partial charge in [-0.05, 0) is 30.5 Å². The summed E-state index contributed by atoms with van der Waals surface area (Å²) in [5.74, 6) is 0.515. The van der Waals surface area contributed by atoms with Gasteiger partial charge >= 0.3 is 5.97 Å². The number of nitrogens with two attached hydrogens (primary N) is 1. The van der Waals surface area contributed by atoms with Crippen LogP contribution in [-0.2, 0) is 16.1 Å². The van der Waals surface area contributed by atoms with Crippen LogP contribution >= 0.6 is 0 Å². The van der Waals surface area contributed by atoms with Gasteiger partial charge in [-0.1, -0.05) is 31.4 Å². The summed E-state index contributed by atoms with van der Waals surface area (Å²) in [7, 11) is 1.62. The molecule has 0 radical (unpaired) electrons. The molecule has 0 aliphatic heterocycles. The Morgan fingerprint density at radius 1 is 1.21 bits per heavy atom. The van der Waals surface area contributed by atoms with E-state index in [0.717, 1.165) is 43.4 Å². The molecule has 1 saturated carbocycles. The van der Waals surface area contributed by atoms with Crippen molar-refractivity contribution in [2.45, 2.75) is 44.2 Å². The van der Waals surface area contributed by atoms with Gasteiger partial charge < -0.3 is 15.2 Å². The fourth-order valence-corrected chi connectivity index (χ4v) is 2.40. The molecule has 104 valence electrons. The number of esters is 1. The van der Waals surface area contributed by atoms with Crippen LogP contribution in [0.4, 0.5) is 0 Å². The summed E-state index contributed by atoms with van der Waals surface area (Å²) < 4.78 is 10.4. The molecule has 2 rings (SSSR count). The van der Waals surface area contributed by atoms with Gasteiger partial charge in [0.2, 0.25) is 0 Å². The van der Waals surface area contributed by atoms with Crippen molar-refractivity contribution in [2.24, 2.45) is 5.73 Å². The van der Waals surface area contributed by atoms with E-state index in [4.69, 9.17) is 15.2 Å². The van der Waals surface area contributed by atoms with Crippen LogP contribution in [0.15, 0.2) is 24.3 Å². The highest BCUT2D eigenvalue weighted by atomic mass is 16.5. The monoisotopic (exact) mass is 263 g/mol. The summed E-state index contributed by atoms with van der Waals surface area (Å²) in [6.45, 7) is 0.266. The number of rotatable bonds is 4. The third-order valence-corrected chi connectivity index (χ3v) is 3.68. The molecule has 2 N–H and O–H groups in total. The zero-order valence-corrected chi connectivity index (χ0v) is 11.4. The number of carbonyl (C=O) groups excluding carboxylic acids is 1. The van der Waals surface area contributed by atoms with E-state index in [-0.39, 0.29) is 12.6 Å². The zero-order valence-electron chi connectivity index (χ0n) is 11.4. The fourth-order valence-electron chi connectivity index (χ4n) is 2.40. The second-order valence-corrected chi connectivity index (χ2v) is 5.14. The topological polar surface area (TPSA) is 61.5 Å². The number of carbonyl (C=O) groups is 1. The Morgan fingerprint density at radius 3 is 2.42 bits per heavy atom. The second kappa shape index (κ2) is 6.06. The lowest BCUT2D eigenvalue weighted by Gasteiger charge is -2.30.